The average molecular weight is 748 g/mol. The molecule has 52 heavy (non-hydrogen) atoms. The highest BCUT2D eigenvalue weighted by atomic mass is 32.2. The summed E-state index contributed by atoms with van der Waals surface area (Å²) in [6.45, 7) is 17.0. The molecule has 16 heteroatoms. The van der Waals surface area contributed by atoms with Crippen LogP contribution in [0.2, 0.25) is 0 Å². The summed E-state index contributed by atoms with van der Waals surface area (Å²) in [6, 6.07) is 1.99. The normalized spacial score (nSPS) is 25.8. The maximum Gasteiger partial charge on any atom is 0.410 e. The van der Waals surface area contributed by atoms with Crippen molar-refractivity contribution in [1.82, 2.24) is 25.2 Å². The van der Waals surface area contributed by atoms with Crippen molar-refractivity contribution in [2.24, 2.45) is 16.7 Å². The summed E-state index contributed by atoms with van der Waals surface area (Å²) in [4.78, 5) is 71.7. The molecule has 0 aromatic heterocycles. The van der Waals surface area contributed by atoms with Crippen LogP contribution in [0.15, 0.2) is 30.9 Å². The highest BCUT2D eigenvalue weighted by Crippen LogP contribution is 2.47. The van der Waals surface area contributed by atoms with Crippen molar-refractivity contribution in [3.63, 3.8) is 0 Å². The van der Waals surface area contributed by atoms with E-state index in [1.807, 2.05) is 0 Å². The third kappa shape index (κ3) is 7.76. The lowest BCUT2D eigenvalue weighted by Gasteiger charge is -2.38. The van der Waals surface area contributed by atoms with Crippen LogP contribution in [0.4, 0.5) is 14.0 Å². The molecule has 0 radical (unpaired) electrons. The van der Waals surface area contributed by atoms with Gasteiger partial charge in [-0.3, -0.25) is 24.0 Å². The van der Waals surface area contributed by atoms with E-state index >= 15 is 0 Å². The van der Waals surface area contributed by atoms with Gasteiger partial charge in [-0.25, -0.2) is 22.4 Å². The molecule has 0 spiro atoms. The SMILES string of the molecule is C=C[C@@H]1C[C@]1(NC(=O)[C@H]1N(C(=O)[C@H](NC(=O)OC(C)(C)C)C(C)(C)C)C[C@H](OC(=O)N2Cc3cccc(F)c3C2)C1(C)C)C(=O)NS(=O)(=O)C1CC1. The number of ether oxygens (including phenoxy) is 2. The Kier molecular flexibility index (Phi) is 10.00. The van der Waals surface area contributed by atoms with Gasteiger partial charge in [0.1, 0.15) is 35.1 Å². The molecule has 14 nitrogen and oxygen atoms in total. The van der Waals surface area contributed by atoms with Crippen LogP contribution < -0.4 is 15.4 Å². The van der Waals surface area contributed by atoms with E-state index in [-0.39, 0.29) is 26.1 Å². The maximum atomic E-state index is 14.6. The average Bonchev–Trinajstić information content (AvgIpc) is 3.92. The fourth-order valence-electron chi connectivity index (χ4n) is 6.93. The summed E-state index contributed by atoms with van der Waals surface area (Å²) in [5.74, 6) is -3.42. The van der Waals surface area contributed by atoms with Crippen molar-refractivity contribution in [2.75, 3.05) is 6.54 Å². The number of sulfonamides is 1. The van der Waals surface area contributed by atoms with Crippen LogP contribution in [0.1, 0.15) is 85.8 Å². The van der Waals surface area contributed by atoms with Crippen LogP contribution in [-0.2, 0) is 47.0 Å². The Labute approximate surface area is 304 Å². The second-order valence-electron chi connectivity index (χ2n) is 16.9. The van der Waals surface area contributed by atoms with Crippen molar-refractivity contribution in [2.45, 2.75) is 122 Å². The highest BCUT2D eigenvalue weighted by Gasteiger charge is 2.64. The van der Waals surface area contributed by atoms with Gasteiger partial charge >= 0.3 is 12.2 Å². The number of hydrogen-bond acceptors (Lipinski definition) is 9. The van der Waals surface area contributed by atoms with E-state index in [9.17, 15) is 36.8 Å². The molecule has 1 saturated heterocycles. The smallest absolute Gasteiger partial charge is 0.410 e. The Balaban J connectivity index is 1.45. The predicted octanol–water partition coefficient (Wildman–Crippen LogP) is 3.49. The molecule has 2 aliphatic heterocycles. The molecule has 0 unspecified atom stereocenters. The first-order chi connectivity index (χ1) is 23.9. The van der Waals surface area contributed by atoms with Crippen molar-refractivity contribution in [3.8, 4) is 0 Å². The number of likely N-dealkylation sites (tertiary alicyclic amines) is 1. The minimum Gasteiger partial charge on any atom is -0.444 e. The lowest BCUT2D eigenvalue weighted by Crippen LogP contribution is -2.62. The first kappa shape index (κ1) is 39.0. The number of fused-ring (bicyclic) bond motifs is 1. The van der Waals surface area contributed by atoms with E-state index in [0.29, 0.717) is 24.0 Å². The zero-order valence-electron chi connectivity index (χ0n) is 31.0. The number of benzene rings is 1. The van der Waals surface area contributed by atoms with Gasteiger partial charge in [0.05, 0.1) is 18.3 Å². The molecule has 4 aliphatic rings. The van der Waals surface area contributed by atoms with Gasteiger partial charge in [-0.2, -0.15) is 0 Å². The van der Waals surface area contributed by atoms with E-state index < -0.39 is 97.1 Å². The fraction of sp³-hybridized carbons (Fsp3) is 0.639. The van der Waals surface area contributed by atoms with Crippen LogP contribution in [-0.4, -0.2) is 89.2 Å². The van der Waals surface area contributed by atoms with Gasteiger partial charge in [0.25, 0.3) is 5.91 Å². The van der Waals surface area contributed by atoms with Gasteiger partial charge in [0.15, 0.2) is 0 Å². The third-order valence-corrected chi connectivity index (χ3v) is 12.0. The van der Waals surface area contributed by atoms with Crippen LogP contribution in [0, 0.1) is 22.6 Å². The monoisotopic (exact) mass is 747 g/mol. The Morgan fingerprint density at radius 2 is 1.71 bits per heavy atom. The van der Waals surface area contributed by atoms with Crippen LogP contribution in [0.5, 0.6) is 0 Å². The van der Waals surface area contributed by atoms with E-state index in [1.54, 1.807) is 67.5 Å². The van der Waals surface area contributed by atoms with E-state index in [0.717, 1.165) is 0 Å². The number of carbonyl (C=O) groups excluding carboxylic acids is 5. The number of carbonyl (C=O) groups is 5. The summed E-state index contributed by atoms with van der Waals surface area (Å²) < 4.78 is 53.5. The molecular formula is C36H50FN5O9S. The van der Waals surface area contributed by atoms with Gasteiger partial charge in [-0.1, -0.05) is 52.8 Å². The molecule has 3 N–H and O–H groups in total. The molecule has 1 aromatic rings. The van der Waals surface area contributed by atoms with Crippen molar-refractivity contribution < 1.29 is 46.3 Å². The van der Waals surface area contributed by atoms with Gasteiger partial charge in [-0.05, 0) is 57.1 Å². The van der Waals surface area contributed by atoms with Gasteiger partial charge < -0.3 is 25.0 Å². The molecule has 1 aromatic carbocycles. The van der Waals surface area contributed by atoms with Crippen molar-refractivity contribution >= 4 is 39.9 Å². The van der Waals surface area contributed by atoms with E-state index in [4.69, 9.17) is 9.47 Å². The van der Waals surface area contributed by atoms with E-state index in [2.05, 4.69) is 21.9 Å². The first-order valence-corrected chi connectivity index (χ1v) is 19.0. The lowest BCUT2D eigenvalue weighted by molar-refractivity contribution is -0.145. The number of halogens is 1. The molecule has 5 rings (SSSR count). The van der Waals surface area contributed by atoms with Crippen molar-refractivity contribution in [3.05, 3.63) is 47.8 Å². The zero-order valence-corrected chi connectivity index (χ0v) is 31.8. The van der Waals surface area contributed by atoms with Crippen LogP contribution >= 0.6 is 0 Å². The molecular weight excluding hydrogens is 697 g/mol. The van der Waals surface area contributed by atoms with Crippen LogP contribution in [0.25, 0.3) is 0 Å². The van der Waals surface area contributed by atoms with Gasteiger partial charge in [0.2, 0.25) is 21.8 Å². The summed E-state index contributed by atoms with van der Waals surface area (Å²) in [5, 5.41) is 4.71. The Morgan fingerprint density at radius 3 is 2.25 bits per heavy atom. The van der Waals surface area contributed by atoms with Crippen LogP contribution in [0.3, 0.4) is 0 Å². The Bertz CT molecular complexity index is 1780. The molecule has 0 bridgehead atoms. The molecule has 5 amide bonds. The van der Waals surface area contributed by atoms with Gasteiger partial charge in [-0.15, -0.1) is 6.58 Å². The molecule has 2 heterocycles. The largest absolute Gasteiger partial charge is 0.444 e. The van der Waals surface area contributed by atoms with Gasteiger partial charge in [0, 0.05) is 23.4 Å². The maximum absolute atomic E-state index is 14.6. The molecule has 2 aliphatic carbocycles. The Hall–Kier alpha value is -4.21. The second kappa shape index (κ2) is 13.3. The van der Waals surface area contributed by atoms with Crippen molar-refractivity contribution in [1.29, 1.82) is 0 Å². The second-order valence-corrected chi connectivity index (χ2v) is 18.9. The fourth-order valence-corrected chi connectivity index (χ4v) is 8.30. The number of nitrogens with one attached hydrogen (secondary N) is 3. The Morgan fingerprint density at radius 1 is 1.06 bits per heavy atom. The number of rotatable bonds is 9. The summed E-state index contributed by atoms with van der Waals surface area (Å²) in [7, 11) is -3.96. The number of amides is 5. The zero-order chi connectivity index (χ0) is 38.8. The summed E-state index contributed by atoms with van der Waals surface area (Å²) in [6.07, 6.45) is -0.348. The minimum absolute atomic E-state index is 0.0310. The molecule has 2 saturated carbocycles. The predicted molar refractivity (Wildman–Crippen MR) is 187 cm³/mol. The number of alkyl carbamates (subject to hydrolysis) is 1. The number of nitrogens with zero attached hydrogens (tertiary/aromatic N) is 2. The molecule has 286 valence electrons. The standard InChI is InChI=1S/C36H50FN5O9S/c1-10-21-16-36(21,30(45)40-52(48,49)22-14-15-22)39-28(43)27-35(8,9)25(50-32(47)41-17-20-12-11-13-24(37)23(20)18-41)19-42(27)29(44)26(33(2,3)4)38-31(46)51-34(5,6)7/h10-13,21-22,25-27H,1,14-19H2,2-9H3,(H,38,46)(H,39,43)(H,40,45)/t21-,25+,26+,27-,36-/m1/s1. The topological polar surface area (TPSA) is 181 Å². The quantitative estimate of drug-likeness (QED) is 0.319. The lowest BCUT2D eigenvalue weighted by atomic mass is 9.81. The minimum atomic E-state index is -3.96. The first-order valence-electron chi connectivity index (χ1n) is 17.4. The highest BCUT2D eigenvalue weighted by molar-refractivity contribution is 7.91. The third-order valence-electron chi connectivity index (χ3n) is 10.2. The molecule has 5 atom stereocenters. The summed E-state index contributed by atoms with van der Waals surface area (Å²) in [5.41, 5.74) is -3.72. The summed E-state index contributed by atoms with van der Waals surface area (Å²) >= 11 is 0. The van der Waals surface area contributed by atoms with E-state index in [1.165, 1.54) is 21.9 Å². The number of hydrogen-bond donors (Lipinski definition) is 3. The molecule has 3 fully saturated rings.